The molecule has 0 atom stereocenters. The number of likely N-dealkylation sites (tertiary alicyclic amines) is 1. The fourth-order valence-corrected chi connectivity index (χ4v) is 3.62. The number of piperidine rings is 1. The van der Waals surface area contributed by atoms with E-state index in [1.807, 2.05) is 0 Å². The number of methoxy groups -OCH3 is 2. The molecule has 2 amide bonds. The zero-order valence-corrected chi connectivity index (χ0v) is 18.7. The Morgan fingerprint density at radius 1 is 1.03 bits per heavy atom. The molecule has 1 saturated heterocycles. The molecular weight excluding hydrogens is 441 g/mol. The largest absolute Gasteiger partial charge is 0.497 e. The Hall–Kier alpha value is -2.77. The normalized spacial score (nSPS) is 14.5. The van der Waals surface area contributed by atoms with Crippen LogP contribution in [0.2, 0.25) is 10.0 Å². The maximum absolute atomic E-state index is 12.9. The number of rotatable bonds is 6. The van der Waals surface area contributed by atoms with Gasteiger partial charge < -0.3 is 14.4 Å². The van der Waals surface area contributed by atoms with E-state index in [1.54, 1.807) is 41.3 Å². The maximum atomic E-state index is 12.9. The van der Waals surface area contributed by atoms with E-state index >= 15 is 0 Å². The molecule has 0 bridgehead atoms. The third kappa shape index (κ3) is 5.89. The predicted molar refractivity (Wildman–Crippen MR) is 120 cm³/mol. The lowest BCUT2D eigenvalue weighted by Gasteiger charge is -2.31. The fraction of sp³-hybridized carbons (Fsp3) is 0.318. The first-order chi connectivity index (χ1) is 14.9. The van der Waals surface area contributed by atoms with Gasteiger partial charge in [-0.3, -0.25) is 9.59 Å². The molecule has 1 fully saturated rings. The van der Waals surface area contributed by atoms with Gasteiger partial charge in [0.2, 0.25) is 5.91 Å². The molecule has 1 heterocycles. The lowest BCUT2D eigenvalue weighted by atomic mass is 9.95. The lowest BCUT2D eigenvalue weighted by Crippen LogP contribution is -2.42. The third-order valence-electron chi connectivity index (χ3n) is 5.08. The van der Waals surface area contributed by atoms with E-state index in [9.17, 15) is 9.59 Å². The van der Waals surface area contributed by atoms with Crippen LogP contribution in [0.3, 0.4) is 0 Å². The molecule has 1 aliphatic rings. The number of hydrogen-bond acceptors (Lipinski definition) is 5. The highest BCUT2D eigenvalue weighted by atomic mass is 35.5. The molecule has 0 saturated carbocycles. The van der Waals surface area contributed by atoms with Crippen LogP contribution >= 0.6 is 23.2 Å². The SMILES string of the molecule is COc1cc(OC)cc(C(=O)N2CCC(C(=O)N/N=C\c3ccc(Cl)c(Cl)c3)CC2)c1. The molecule has 2 aromatic rings. The Kier molecular flexibility index (Phi) is 7.76. The predicted octanol–water partition coefficient (Wildman–Crippen LogP) is 4.01. The van der Waals surface area contributed by atoms with E-state index in [-0.39, 0.29) is 17.7 Å². The number of nitrogens with one attached hydrogen (secondary N) is 1. The van der Waals surface area contributed by atoms with Gasteiger partial charge in [0.15, 0.2) is 0 Å². The smallest absolute Gasteiger partial charge is 0.254 e. The van der Waals surface area contributed by atoms with Crippen molar-refractivity contribution in [2.24, 2.45) is 11.0 Å². The number of hydrogen-bond donors (Lipinski definition) is 1. The van der Waals surface area contributed by atoms with Crippen LogP contribution in [-0.2, 0) is 4.79 Å². The van der Waals surface area contributed by atoms with Crippen LogP contribution in [0.15, 0.2) is 41.5 Å². The van der Waals surface area contributed by atoms with Gasteiger partial charge in [0.25, 0.3) is 5.91 Å². The molecule has 9 heteroatoms. The summed E-state index contributed by atoms with van der Waals surface area (Å²) in [5, 5.41) is 4.87. The number of benzene rings is 2. The van der Waals surface area contributed by atoms with Crippen molar-refractivity contribution in [2.45, 2.75) is 12.8 Å². The molecule has 7 nitrogen and oxygen atoms in total. The molecule has 0 radical (unpaired) electrons. The number of hydrazone groups is 1. The quantitative estimate of drug-likeness (QED) is 0.518. The summed E-state index contributed by atoms with van der Waals surface area (Å²) in [6, 6.07) is 10.2. The Labute approximate surface area is 190 Å². The first-order valence-electron chi connectivity index (χ1n) is 9.71. The van der Waals surface area contributed by atoms with E-state index in [4.69, 9.17) is 32.7 Å². The summed E-state index contributed by atoms with van der Waals surface area (Å²) < 4.78 is 10.5. The van der Waals surface area contributed by atoms with E-state index in [0.717, 1.165) is 5.56 Å². The minimum atomic E-state index is -0.213. The number of carbonyl (C=O) groups excluding carboxylic acids is 2. The number of carbonyl (C=O) groups is 2. The van der Waals surface area contributed by atoms with Gasteiger partial charge in [-0.1, -0.05) is 29.3 Å². The number of nitrogens with zero attached hydrogens (tertiary/aromatic N) is 2. The average molecular weight is 464 g/mol. The summed E-state index contributed by atoms with van der Waals surface area (Å²) >= 11 is 11.9. The molecule has 31 heavy (non-hydrogen) atoms. The fourth-order valence-electron chi connectivity index (χ4n) is 3.31. The van der Waals surface area contributed by atoms with Crippen molar-refractivity contribution in [3.8, 4) is 11.5 Å². The average Bonchev–Trinajstić information content (AvgIpc) is 2.80. The van der Waals surface area contributed by atoms with Crippen LogP contribution in [0, 0.1) is 5.92 Å². The molecule has 0 spiro atoms. The minimum Gasteiger partial charge on any atom is -0.497 e. The lowest BCUT2D eigenvalue weighted by molar-refractivity contribution is -0.126. The highest BCUT2D eigenvalue weighted by Gasteiger charge is 2.28. The molecule has 2 aromatic carbocycles. The topological polar surface area (TPSA) is 80.2 Å². The van der Waals surface area contributed by atoms with Crippen LogP contribution < -0.4 is 14.9 Å². The van der Waals surface area contributed by atoms with Crippen LogP contribution in [0.5, 0.6) is 11.5 Å². The Morgan fingerprint density at radius 2 is 1.68 bits per heavy atom. The Balaban J connectivity index is 1.54. The summed E-state index contributed by atoms with van der Waals surface area (Å²) in [4.78, 5) is 27.0. The molecule has 1 N–H and O–H groups in total. The second kappa shape index (κ2) is 10.5. The molecule has 1 aliphatic heterocycles. The molecule has 0 aromatic heterocycles. The molecule has 0 unspecified atom stereocenters. The second-order valence-electron chi connectivity index (χ2n) is 7.08. The van der Waals surface area contributed by atoms with E-state index in [1.165, 1.54) is 20.4 Å². The molecule has 0 aliphatic carbocycles. The second-order valence-corrected chi connectivity index (χ2v) is 7.89. The monoisotopic (exact) mass is 463 g/mol. The van der Waals surface area contributed by atoms with Crippen molar-refractivity contribution < 1.29 is 19.1 Å². The van der Waals surface area contributed by atoms with Crippen molar-refractivity contribution in [3.05, 3.63) is 57.6 Å². The Morgan fingerprint density at radius 3 is 2.26 bits per heavy atom. The first kappa shape index (κ1) is 22.9. The van der Waals surface area contributed by atoms with Crippen LogP contribution in [-0.4, -0.2) is 50.2 Å². The zero-order chi connectivity index (χ0) is 22.4. The number of halogens is 2. The zero-order valence-electron chi connectivity index (χ0n) is 17.2. The van der Waals surface area contributed by atoms with Gasteiger partial charge in [-0.2, -0.15) is 5.10 Å². The van der Waals surface area contributed by atoms with Crippen molar-refractivity contribution in [3.63, 3.8) is 0 Å². The number of ether oxygens (including phenoxy) is 2. The van der Waals surface area contributed by atoms with Gasteiger partial charge in [0, 0.05) is 30.6 Å². The highest BCUT2D eigenvalue weighted by molar-refractivity contribution is 6.42. The standard InChI is InChI=1S/C22H23Cl2N3O4/c1-30-17-10-16(11-18(12-17)31-2)22(29)27-7-5-15(6-8-27)21(28)26-25-13-14-3-4-19(23)20(24)9-14/h3-4,9-13,15H,5-8H2,1-2H3,(H,26,28)/b25-13-. The van der Waals surface area contributed by atoms with Crippen molar-refractivity contribution in [2.75, 3.05) is 27.3 Å². The highest BCUT2D eigenvalue weighted by Crippen LogP contribution is 2.25. The Bertz CT molecular complexity index is 966. The van der Waals surface area contributed by atoms with Gasteiger partial charge in [-0.05, 0) is 42.7 Å². The minimum absolute atomic E-state index is 0.117. The maximum Gasteiger partial charge on any atom is 0.254 e. The molecular formula is C22H23Cl2N3O4. The van der Waals surface area contributed by atoms with Crippen LogP contribution in [0.25, 0.3) is 0 Å². The van der Waals surface area contributed by atoms with Crippen LogP contribution in [0.1, 0.15) is 28.8 Å². The summed E-state index contributed by atoms with van der Waals surface area (Å²) in [5.41, 5.74) is 3.78. The first-order valence-corrected chi connectivity index (χ1v) is 10.5. The van der Waals surface area contributed by atoms with E-state index in [2.05, 4.69) is 10.5 Å². The van der Waals surface area contributed by atoms with Gasteiger partial charge in [-0.15, -0.1) is 0 Å². The van der Waals surface area contributed by atoms with Gasteiger partial charge >= 0.3 is 0 Å². The molecule has 164 valence electrons. The van der Waals surface area contributed by atoms with Gasteiger partial charge in [-0.25, -0.2) is 5.43 Å². The summed E-state index contributed by atoms with van der Waals surface area (Å²) in [6.07, 6.45) is 2.62. The van der Waals surface area contributed by atoms with E-state index < -0.39 is 0 Å². The van der Waals surface area contributed by atoms with Gasteiger partial charge in [0.05, 0.1) is 30.5 Å². The molecule has 3 rings (SSSR count). The van der Waals surface area contributed by atoms with Crippen molar-refractivity contribution >= 4 is 41.2 Å². The summed E-state index contributed by atoms with van der Waals surface area (Å²) in [7, 11) is 3.08. The van der Waals surface area contributed by atoms with Crippen LogP contribution in [0.4, 0.5) is 0 Å². The third-order valence-corrected chi connectivity index (χ3v) is 5.82. The van der Waals surface area contributed by atoms with Crippen molar-refractivity contribution in [1.29, 1.82) is 0 Å². The summed E-state index contributed by atoms with van der Waals surface area (Å²) in [6.45, 7) is 0.958. The van der Waals surface area contributed by atoms with Crippen molar-refractivity contribution in [1.82, 2.24) is 10.3 Å². The number of amides is 2. The summed E-state index contributed by atoms with van der Waals surface area (Å²) in [5.74, 6) is 0.601. The van der Waals surface area contributed by atoms with Gasteiger partial charge in [0.1, 0.15) is 11.5 Å². The van der Waals surface area contributed by atoms with E-state index in [0.29, 0.717) is 53.0 Å².